The van der Waals surface area contributed by atoms with E-state index in [9.17, 15) is 5.26 Å². The first kappa shape index (κ1) is 16.5. The van der Waals surface area contributed by atoms with Gasteiger partial charge in [-0.3, -0.25) is 0 Å². The molecule has 3 aromatic rings. The van der Waals surface area contributed by atoms with Crippen LogP contribution in [0.2, 0.25) is 0 Å². The van der Waals surface area contributed by atoms with E-state index < -0.39 is 0 Å². The SMILES string of the molecule is Cc1cc(C)cc(Nc2nc(C)cc(Nc3ccccc3C#N)n2)c1. The van der Waals surface area contributed by atoms with E-state index in [-0.39, 0.29) is 0 Å². The van der Waals surface area contributed by atoms with Crippen LogP contribution in [0.5, 0.6) is 0 Å². The van der Waals surface area contributed by atoms with Gasteiger partial charge in [-0.15, -0.1) is 0 Å². The third-order valence-corrected chi connectivity index (χ3v) is 3.64. The van der Waals surface area contributed by atoms with Crippen LogP contribution in [-0.4, -0.2) is 9.97 Å². The molecule has 0 saturated heterocycles. The van der Waals surface area contributed by atoms with E-state index in [1.165, 1.54) is 11.1 Å². The fourth-order valence-electron chi connectivity index (χ4n) is 2.69. The number of aromatic nitrogens is 2. The number of benzene rings is 2. The van der Waals surface area contributed by atoms with Crippen molar-refractivity contribution in [3.8, 4) is 6.07 Å². The van der Waals surface area contributed by atoms with Gasteiger partial charge in [-0.05, 0) is 56.2 Å². The molecule has 0 radical (unpaired) electrons. The maximum absolute atomic E-state index is 9.22. The van der Waals surface area contributed by atoms with Crippen molar-refractivity contribution in [1.29, 1.82) is 5.26 Å². The lowest BCUT2D eigenvalue weighted by atomic mass is 10.1. The molecule has 0 unspecified atom stereocenters. The van der Waals surface area contributed by atoms with Crippen molar-refractivity contribution in [3.63, 3.8) is 0 Å². The van der Waals surface area contributed by atoms with Crippen molar-refractivity contribution in [2.75, 3.05) is 10.6 Å². The molecule has 3 rings (SSSR count). The Morgan fingerprint density at radius 3 is 2.32 bits per heavy atom. The monoisotopic (exact) mass is 329 g/mol. The second kappa shape index (κ2) is 7.02. The van der Waals surface area contributed by atoms with Crippen LogP contribution < -0.4 is 10.6 Å². The summed E-state index contributed by atoms with van der Waals surface area (Å²) in [6.07, 6.45) is 0. The van der Waals surface area contributed by atoms with Gasteiger partial charge in [-0.2, -0.15) is 10.2 Å². The Morgan fingerprint density at radius 1 is 0.880 bits per heavy atom. The van der Waals surface area contributed by atoms with Crippen molar-refractivity contribution in [3.05, 3.63) is 70.9 Å². The summed E-state index contributed by atoms with van der Waals surface area (Å²) in [5.41, 5.74) is 5.43. The lowest BCUT2D eigenvalue weighted by Crippen LogP contribution is -2.03. The van der Waals surface area contributed by atoms with Crippen molar-refractivity contribution in [2.45, 2.75) is 20.8 Å². The van der Waals surface area contributed by atoms with Gasteiger partial charge in [0.2, 0.25) is 5.95 Å². The number of para-hydroxylation sites is 1. The zero-order valence-corrected chi connectivity index (χ0v) is 14.5. The average molecular weight is 329 g/mol. The van der Waals surface area contributed by atoms with Gasteiger partial charge >= 0.3 is 0 Å². The third kappa shape index (κ3) is 4.12. The number of nitriles is 1. The molecule has 0 fully saturated rings. The summed E-state index contributed by atoms with van der Waals surface area (Å²) >= 11 is 0. The molecular weight excluding hydrogens is 310 g/mol. The van der Waals surface area contributed by atoms with Crippen LogP contribution >= 0.6 is 0 Å². The van der Waals surface area contributed by atoms with Crippen molar-refractivity contribution in [1.82, 2.24) is 9.97 Å². The average Bonchev–Trinajstić information content (AvgIpc) is 2.53. The molecule has 2 N–H and O–H groups in total. The predicted molar refractivity (Wildman–Crippen MR) is 100 cm³/mol. The minimum absolute atomic E-state index is 0.516. The van der Waals surface area contributed by atoms with Crippen LogP contribution in [0, 0.1) is 32.1 Å². The Labute approximate surface area is 147 Å². The van der Waals surface area contributed by atoms with E-state index in [1.54, 1.807) is 6.07 Å². The molecule has 0 aliphatic heterocycles. The quantitative estimate of drug-likeness (QED) is 0.722. The molecule has 0 atom stereocenters. The van der Waals surface area contributed by atoms with Crippen LogP contribution in [0.4, 0.5) is 23.1 Å². The number of rotatable bonds is 4. The third-order valence-electron chi connectivity index (χ3n) is 3.64. The van der Waals surface area contributed by atoms with Crippen LogP contribution in [0.3, 0.4) is 0 Å². The molecule has 1 aromatic heterocycles. The summed E-state index contributed by atoms with van der Waals surface area (Å²) in [4.78, 5) is 8.96. The fraction of sp³-hybridized carbons (Fsp3) is 0.150. The first-order valence-electron chi connectivity index (χ1n) is 8.00. The molecule has 0 amide bonds. The maximum Gasteiger partial charge on any atom is 0.229 e. The first-order chi connectivity index (χ1) is 12.0. The van der Waals surface area contributed by atoms with Gasteiger partial charge in [0.1, 0.15) is 11.9 Å². The molecule has 2 aromatic carbocycles. The first-order valence-corrected chi connectivity index (χ1v) is 8.00. The minimum Gasteiger partial charge on any atom is -0.339 e. The van der Waals surface area contributed by atoms with Gasteiger partial charge in [0, 0.05) is 17.4 Å². The van der Waals surface area contributed by atoms with Crippen LogP contribution in [-0.2, 0) is 0 Å². The van der Waals surface area contributed by atoms with Crippen molar-refractivity contribution >= 4 is 23.1 Å². The number of nitrogens with zero attached hydrogens (tertiary/aromatic N) is 3. The van der Waals surface area contributed by atoms with E-state index in [0.717, 1.165) is 17.1 Å². The summed E-state index contributed by atoms with van der Waals surface area (Å²) in [5, 5.41) is 15.7. The topological polar surface area (TPSA) is 73.6 Å². The Morgan fingerprint density at radius 2 is 1.60 bits per heavy atom. The summed E-state index contributed by atoms with van der Waals surface area (Å²) < 4.78 is 0. The molecular formula is C20H19N5. The van der Waals surface area contributed by atoms with Gasteiger partial charge in [0.05, 0.1) is 11.3 Å². The molecule has 0 spiro atoms. The van der Waals surface area contributed by atoms with E-state index in [0.29, 0.717) is 17.3 Å². The summed E-state index contributed by atoms with van der Waals surface area (Å²) in [6.45, 7) is 6.03. The van der Waals surface area contributed by atoms with Crippen LogP contribution in [0.15, 0.2) is 48.5 Å². The highest BCUT2D eigenvalue weighted by Gasteiger charge is 2.06. The molecule has 5 heteroatoms. The summed E-state index contributed by atoms with van der Waals surface area (Å²) in [5.74, 6) is 1.16. The highest BCUT2D eigenvalue weighted by atomic mass is 15.1. The Balaban J connectivity index is 1.89. The molecule has 25 heavy (non-hydrogen) atoms. The number of nitrogens with one attached hydrogen (secondary N) is 2. The lowest BCUT2D eigenvalue weighted by molar-refractivity contribution is 1.11. The Kier molecular flexibility index (Phi) is 4.62. The van der Waals surface area contributed by atoms with Crippen molar-refractivity contribution in [2.24, 2.45) is 0 Å². The van der Waals surface area contributed by atoms with Crippen LogP contribution in [0.25, 0.3) is 0 Å². The maximum atomic E-state index is 9.22. The van der Waals surface area contributed by atoms with E-state index in [1.807, 2.05) is 31.2 Å². The minimum atomic E-state index is 0.516. The number of hydrogen-bond donors (Lipinski definition) is 2. The van der Waals surface area contributed by atoms with E-state index in [2.05, 4.69) is 58.7 Å². The zero-order valence-electron chi connectivity index (χ0n) is 14.5. The fourth-order valence-corrected chi connectivity index (χ4v) is 2.69. The smallest absolute Gasteiger partial charge is 0.229 e. The molecule has 124 valence electrons. The summed E-state index contributed by atoms with van der Waals surface area (Å²) in [7, 11) is 0. The number of hydrogen-bond acceptors (Lipinski definition) is 5. The van der Waals surface area contributed by atoms with Crippen LogP contribution in [0.1, 0.15) is 22.4 Å². The van der Waals surface area contributed by atoms with E-state index >= 15 is 0 Å². The van der Waals surface area contributed by atoms with Gasteiger partial charge < -0.3 is 10.6 Å². The lowest BCUT2D eigenvalue weighted by Gasteiger charge is -2.11. The molecule has 5 nitrogen and oxygen atoms in total. The van der Waals surface area contributed by atoms with Gasteiger partial charge in [0.15, 0.2) is 0 Å². The highest BCUT2D eigenvalue weighted by molar-refractivity contribution is 5.66. The molecule has 0 aliphatic rings. The van der Waals surface area contributed by atoms with Gasteiger partial charge in [-0.25, -0.2) is 4.98 Å². The second-order valence-corrected chi connectivity index (χ2v) is 6.00. The molecule has 0 aliphatic carbocycles. The Hall–Kier alpha value is -3.39. The second-order valence-electron chi connectivity index (χ2n) is 6.00. The summed E-state index contributed by atoms with van der Waals surface area (Å²) in [6, 6.07) is 17.6. The van der Waals surface area contributed by atoms with Gasteiger partial charge in [-0.1, -0.05) is 18.2 Å². The van der Waals surface area contributed by atoms with E-state index in [4.69, 9.17) is 0 Å². The Bertz CT molecular complexity index is 936. The zero-order chi connectivity index (χ0) is 17.8. The predicted octanol–water partition coefficient (Wildman–Crippen LogP) is 4.76. The highest BCUT2D eigenvalue weighted by Crippen LogP contribution is 2.22. The standard InChI is InChI=1S/C20H19N5/c1-13-8-14(2)10-17(9-13)23-20-22-15(3)11-19(25-20)24-18-7-5-4-6-16(18)12-21/h4-11H,1-3H3,(H2,22,23,24,25). The number of anilines is 4. The molecule has 1 heterocycles. The molecule has 0 saturated carbocycles. The largest absolute Gasteiger partial charge is 0.339 e. The normalized spacial score (nSPS) is 10.2. The number of aryl methyl sites for hydroxylation is 3. The van der Waals surface area contributed by atoms with Gasteiger partial charge in [0.25, 0.3) is 0 Å². The van der Waals surface area contributed by atoms with Crippen molar-refractivity contribution < 1.29 is 0 Å². The molecule has 0 bridgehead atoms.